The Kier molecular flexibility index (Phi) is 6.47. The summed E-state index contributed by atoms with van der Waals surface area (Å²) in [5.41, 5.74) is 5.20. The number of carbonyl (C=O) groups excluding carboxylic acids is 2. The Morgan fingerprint density at radius 1 is 1.43 bits per heavy atom. The molecule has 1 heterocycles. The van der Waals surface area contributed by atoms with E-state index >= 15 is 0 Å². The van der Waals surface area contributed by atoms with Crippen LogP contribution in [0.25, 0.3) is 0 Å². The number of amides is 1. The number of hydrogen-bond donors (Lipinski definition) is 3. The van der Waals surface area contributed by atoms with Crippen molar-refractivity contribution in [3.8, 4) is 0 Å². The van der Waals surface area contributed by atoms with Crippen molar-refractivity contribution >= 4 is 17.9 Å². The quantitative estimate of drug-likeness (QED) is 0.698. The fourth-order valence-corrected chi connectivity index (χ4v) is 1.72. The van der Waals surface area contributed by atoms with Gasteiger partial charge in [-0.05, 0) is 33.8 Å². The van der Waals surface area contributed by atoms with Gasteiger partial charge in [0.1, 0.15) is 23.6 Å². The van der Waals surface area contributed by atoms with E-state index in [-0.39, 0.29) is 18.0 Å². The summed E-state index contributed by atoms with van der Waals surface area (Å²) in [5.74, 6) is -0.680. The number of pyridine rings is 1. The molecule has 1 aromatic heterocycles. The van der Waals surface area contributed by atoms with E-state index in [2.05, 4.69) is 10.3 Å². The Balaban J connectivity index is 2.92. The van der Waals surface area contributed by atoms with Gasteiger partial charge in [0.15, 0.2) is 0 Å². The Labute approximate surface area is 135 Å². The van der Waals surface area contributed by atoms with Crippen molar-refractivity contribution < 1.29 is 24.2 Å². The first-order valence-corrected chi connectivity index (χ1v) is 7.21. The van der Waals surface area contributed by atoms with Crippen LogP contribution in [0.2, 0.25) is 0 Å². The van der Waals surface area contributed by atoms with Gasteiger partial charge in [-0.25, -0.2) is 9.78 Å². The van der Waals surface area contributed by atoms with Crippen molar-refractivity contribution in [1.29, 1.82) is 0 Å². The van der Waals surface area contributed by atoms with E-state index < -0.39 is 29.8 Å². The molecule has 23 heavy (non-hydrogen) atoms. The molecule has 8 nitrogen and oxygen atoms in total. The van der Waals surface area contributed by atoms with E-state index in [4.69, 9.17) is 15.2 Å². The minimum atomic E-state index is -1.38. The zero-order valence-electron chi connectivity index (χ0n) is 13.7. The van der Waals surface area contributed by atoms with Crippen molar-refractivity contribution in [2.75, 3.05) is 11.9 Å². The minimum absolute atomic E-state index is 0.0639. The number of aromatic nitrogens is 1. The third-order valence-corrected chi connectivity index (χ3v) is 2.68. The molecule has 8 heteroatoms. The third-order valence-electron chi connectivity index (χ3n) is 2.68. The second kappa shape index (κ2) is 7.89. The standard InChI is InChI=1S/C15H23N3O5/c1-5-22-13(20)10(16)11(19)9-7-6-8-17-12(9)18-14(21)23-15(2,3)4/h6-8,10-11,19H,5,16H2,1-4H3,(H,17,18,21). The highest BCUT2D eigenvalue weighted by Crippen LogP contribution is 2.23. The largest absolute Gasteiger partial charge is 0.465 e. The van der Waals surface area contributed by atoms with Crippen molar-refractivity contribution in [2.45, 2.75) is 45.4 Å². The molecule has 0 fully saturated rings. The number of hydrogen-bond acceptors (Lipinski definition) is 7. The molecule has 0 spiro atoms. The number of rotatable bonds is 5. The van der Waals surface area contributed by atoms with Crippen LogP contribution < -0.4 is 11.1 Å². The van der Waals surface area contributed by atoms with Crippen molar-refractivity contribution in [3.05, 3.63) is 23.9 Å². The Morgan fingerprint density at radius 3 is 2.65 bits per heavy atom. The van der Waals surface area contributed by atoms with Gasteiger partial charge in [-0.15, -0.1) is 0 Å². The highest BCUT2D eigenvalue weighted by atomic mass is 16.6. The van der Waals surface area contributed by atoms with Crippen LogP contribution in [0.15, 0.2) is 18.3 Å². The highest BCUT2D eigenvalue weighted by Gasteiger charge is 2.28. The summed E-state index contributed by atoms with van der Waals surface area (Å²) in [6.45, 7) is 6.94. The van der Waals surface area contributed by atoms with Gasteiger partial charge in [0, 0.05) is 11.8 Å². The van der Waals surface area contributed by atoms with Crippen LogP contribution in [0.1, 0.15) is 39.4 Å². The number of esters is 1. The van der Waals surface area contributed by atoms with E-state index in [0.717, 1.165) is 0 Å². The highest BCUT2D eigenvalue weighted by molar-refractivity contribution is 5.85. The van der Waals surface area contributed by atoms with Gasteiger partial charge in [0.2, 0.25) is 0 Å². The monoisotopic (exact) mass is 325 g/mol. The molecule has 1 amide bonds. The summed E-state index contributed by atoms with van der Waals surface area (Å²) in [4.78, 5) is 27.4. The summed E-state index contributed by atoms with van der Waals surface area (Å²) < 4.78 is 9.91. The first kappa shape index (κ1) is 18.9. The van der Waals surface area contributed by atoms with Crippen molar-refractivity contribution in [1.82, 2.24) is 4.98 Å². The number of carbonyl (C=O) groups is 2. The summed E-state index contributed by atoms with van der Waals surface area (Å²) in [6.07, 6.45) is -0.680. The first-order valence-electron chi connectivity index (χ1n) is 7.21. The lowest BCUT2D eigenvalue weighted by Gasteiger charge is -2.22. The molecule has 0 aromatic carbocycles. The molecule has 0 aliphatic rings. The smallest absolute Gasteiger partial charge is 0.413 e. The van der Waals surface area contributed by atoms with Crippen LogP contribution in [0.4, 0.5) is 10.6 Å². The summed E-state index contributed by atoms with van der Waals surface area (Å²) in [7, 11) is 0. The van der Waals surface area contributed by atoms with Gasteiger partial charge >= 0.3 is 12.1 Å². The van der Waals surface area contributed by atoms with Crippen LogP contribution in [-0.2, 0) is 14.3 Å². The predicted octanol–water partition coefficient (Wildman–Crippen LogP) is 1.35. The van der Waals surface area contributed by atoms with Gasteiger partial charge < -0.3 is 20.3 Å². The molecule has 0 saturated carbocycles. The van der Waals surface area contributed by atoms with Gasteiger partial charge in [0.25, 0.3) is 0 Å². The second-order valence-electron chi connectivity index (χ2n) is 5.79. The molecule has 0 radical (unpaired) electrons. The van der Waals surface area contributed by atoms with Crippen LogP contribution in [-0.4, -0.2) is 40.4 Å². The molecule has 1 rings (SSSR count). The molecule has 2 unspecified atom stereocenters. The van der Waals surface area contributed by atoms with E-state index in [9.17, 15) is 14.7 Å². The topological polar surface area (TPSA) is 124 Å². The fraction of sp³-hybridized carbons (Fsp3) is 0.533. The second-order valence-corrected chi connectivity index (χ2v) is 5.79. The van der Waals surface area contributed by atoms with E-state index in [1.165, 1.54) is 12.3 Å². The molecule has 0 bridgehead atoms. The number of aliphatic hydroxyl groups is 1. The van der Waals surface area contributed by atoms with Gasteiger partial charge in [0.05, 0.1) is 6.61 Å². The molecule has 0 aliphatic heterocycles. The minimum Gasteiger partial charge on any atom is -0.465 e. The molecule has 1 aromatic rings. The molecule has 128 valence electrons. The molecule has 4 N–H and O–H groups in total. The SMILES string of the molecule is CCOC(=O)C(N)C(O)c1cccnc1NC(=O)OC(C)(C)C. The van der Waals surface area contributed by atoms with Gasteiger partial charge in [-0.3, -0.25) is 10.1 Å². The number of nitrogens with zero attached hydrogens (tertiary/aromatic N) is 1. The van der Waals surface area contributed by atoms with Gasteiger partial charge in [-0.2, -0.15) is 0 Å². The molecule has 2 atom stereocenters. The van der Waals surface area contributed by atoms with Crippen LogP contribution >= 0.6 is 0 Å². The number of nitrogens with one attached hydrogen (secondary N) is 1. The Bertz CT molecular complexity index is 556. The zero-order valence-corrected chi connectivity index (χ0v) is 13.7. The molecule has 0 aliphatic carbocycles. The summed E-state index contributed by atoms with van der Waals surface area (Å²) >= 11 is 0. The molecular formula is C15H23N3O5. The average Bonchev–Trinajstić information content (AvgIpc) is 2.44. The number of nitrogens with two attached hydrogens (primary N) is 1. The molecular weight excluding hydrogens is 302 g/mol. The third kappa shape index (κ3) is 5.84. The van der Waals surface area contributed by atoms with Crippen LogP contribution in [0, 0.1) is 0 Å². The molecule has 0 saturated heterocycles. The summed E-state index contributed by atoms with van der Waals surface area (Å²) in [5, 5.41) is 12.7. The van der Waals surface area contributed by atoms with Crippen molar-refractivity contribution in [3.63, 3.8) is 0 Å². The number of anilines is 1. The lowest BCUT2D eigenvalue weighted by molar-refractivity contribution is -0.147. The van der Waals surface area contributed by atoms with Crippen molar-refractivity contribution in [2.24, 2.45) is 5.73 Å². The lowest BCUT2D eigenvalue weighted by Crippen LogP contribution is -2.38. The Hall–Kier alpha value is -2.19. The predicted molar refractivity (Wildman–Crippen MR) is 83.7 cm³/mol. The van der Waals surface area contributed by atoms with Gasteiger partial charge in [-0.1, -0.05) is 6.07 Å². The lowest BCUT2D eigenvalue weighted by atomic mass is 10.0. The number of aliphatic hydroxyl groups excluding tert-OH is 1. The first-order chi connectivity index (χ1) is 10.7. The maximum Gasteiger partial charge on any atom is 0.413 e. The van der Waals surface area contributed by atoms with Crippen LogP contribution in [0.3, 0.4) is 0 Å². The maximum absolute atomic E-state index is 11.8. The van der Waals surface area contributed by atoms with E-state index in [1.807, 2.05) is 0 Å². The van der Waals surface area contributed by atoms with E-state index in [0.29, 0.717) is 0 Å². The average molecular weight is 325 g/mol. The van der Waals surface area contributed by atoms with Crippen LogP contribution in [0.5, 0.6) is 0 Å². The summed E-state index contributed by atoms with van der Waals surface area (Å²) in [6, 6.07) is 1.76. The number of ether oxygens (including phenoxy) is 2. The maximum atomic E-state index is 11.8. The van der Waals surface area contributed by atoms with E-state index in [1.54, 1.807) is 33.8 Å². The fourth-order valence-electron chi connectivity index (χ4n) is 1.72. The zero-order chi connectivity index (χ0) is 17.6. The Morgan fingerprint density at radius 2 is 2.09 bits per heavy atom. The normalized spacial score (nSPS) is 13.8.